The van der Waals surface area contributed by atoms with Gasteiger partial charge in [-0.1, -0.05) is 145 Å². The maximum absolute atomic E-state index is 11.2. The molecule has 0 bridgehead atoms. The first-order valence-corrected chi connectivity index (χ1v) is 19.2. The van der Waals surface area contributed by atoms with Gasteiger partial charge in [0.15, 0.2) is 0 Å². The van der Waals surface area contributed by atoms with Crippen LogP contribution in [0.25, 0.3) is 0 Å². The van der Waals surface area contributed by atoms with Crippen molar-refractivity contribution in [3.05, 3.63) is 0 Å². The van der Waals surface area contributed by atoms with Crippen LogP contribution in [0.5, 0.6) is 0 Å². The molecule has 2 aliphatic carbocycles. The van der Waals surface area contributed by atoms with Crippen molar-refractivity contribution < 1.29 is 9.53 Å². The van der Waals surface area contributed by atoms with Gasteiger partial charge in [-0.2, -0.15) is 0 Å². The second-order valence-electron chi connectivity index (χ2n) is 16.6. The van der Waals surface area contributed by atoms with Gasteiger partial charge < -0.3 is 4.74 Å². The highest BCUT2D eigenvalue weighted by atomic mass is 16.5. The average Bonchev–Trinajstić information content (AvgIpc) is 2.93. The quantitative estimate of drug-likeness (QED) is 0.306. The van der Waals surface area contributed by atoms with E-state index in [9.17, 15) is 4.79 Å². The van der Waals surface area contributed by atoms with E-state index in [-0.39, 0.29) is 6.10 Å². The molecule has 2 nitrogen and oxygen atoms in total. The van der Waals surface area contributed by atoms with Crippen molar-refractivity contribution in [3.63, 3.8) is 0 Å². The molecule has 2 rings (SSSR count). The molecule has 0 amide bonds. The minimum absolute atomic E-state index is 0.120. The zero-order valence-corrected chi connectivity index (χ0v) is 29.9. The average molecular weight is 589 g/mol. The Morgan fingerprint density at radius 2 is 0.952 bits per heavy atom. The summed E-state index contributed by atoms with van der Waals surface area (Å²) in [5, 5.41) is 0. The van der Waals surface area contributed by atoms with Crippen LogP contribution in [0.3, 0.4) is 0 Å². The molecule has 248 valence electrons. The lowest BCUT2D eigenvalue weighted by atomic mass is 9.68. The van der Waals surface area contributed by atoms with Crippen molar-refractivity contribution in [3.8, 4) is 0 Å². The molecule has 0 aromatic rings. The molecule has 2 fully saturated rings. The molecule has 2 saturated carbocycles. The summed E-state index contributed by atoms with van der Waals surface area (Å²) in [7, 11) is 0. The second-order valence-corrected chi connectivity index (χ2v) is 16.6. The minimum atomic E-state index is 0.120. The molecule has 0 heterocycles. The lowest BCUT2D eigenvalue weighted by molar-refractivity contribution is -0.134. The standard InChI is InChI=1S/C40H76O2/c1-30(2)39-28-24-36(8)40-27-23-34(6)16-10-15-33(5)22-26-38(42-29-41)25-21-32(4)14-9-13-31(3)17-11-19-37(40)20-12-18-35(39)7/h29-40H,9-28H2,1-8H3. The Morgan fingerprint density at radius 1 is 0.500 bits per heavy atom. The Hall–Kier alpha value is -0.530. The summed E-state index contributed by atoms with van der Waals surface area (Å²) in [6, 6.07) is 0. The molecule has 0 spiro atoms. The molecule has 0 aliphatic heterocycles. The third kappa shape index (κ3) is 15.0. The highest BCUT2D eigenvalue weighted by molar-refractivity contribution is 5.37. The van der Waals surface area contributed by atoms with E-state index in [0.29, 0.717) is 6.47 Å². The van der Waals surface area contributed by atoms with Gasteiger partial charge in [-0.3, -0.25) is 4.79 Å². The lowest BCUT2D eigenvalue weighted by Gasteiger charge is -2.37. The molecule has 2 aliphatic rings. The van der Waals surface area contributed by atoms with Gasteiger partial charge in [0.05, 0.1) is 0 Å². The first kappa shape index (κ1) is 37.7. The summed E-state index contributed by atoms with van der Waals surface area (Å²) in [5.74, 6) is 8.53. The van der Waals surface area contributed by atoms with E-state index >= 15 is 0 Å². The van der Waals surface area contributed by atoms with Gasteiger partial charge in [0, 0.05) is 0 Å². The molecule has 2 heteroatoms. The van der Waals surface area contributed by atoms with E-state index in [4.69, 9.17) is 4.74 Å². The molecular formula is C40H76O2. The van der Waals surface area contributed by atoms with Crippen LogP contribution in [-0.2, 0) is 9.53 Å². The highest BCUT2D eigenvalue weighted by Gasteiger charge is 2.31. The first-order valence-electron chi connectivity index (χ1n) is 19.2. The van der Waals surface area contributed by atoms with Crippen molar-refractivity contribution in [2.24, 2.45) is 59.2 Å². The number of hydrogen-bond donors (Lipinski definition) is 0. The third-order valence-electron chi connectivity index (χ3n) is 12.4. The predicted octanol–water partition coefficient (Wildman–Crippen LogP) is 12.7. The first-order chi connectivity index (χ1) is 20.1. The molecular weight excluding hydrogens is 512 g/mol. The molecule has 0 saturated heterocycles. The van der Waals surface area contributed by atoms with Gasteiger partial charge in [-0.25, -0.2) is 0 Å². The van der Waals surface area contributed by atoms with Gasteiger partial charge in [0.25, 0.3) is 6.47 Å². The topological polar surface area (TPSA) is 26.3 Å². The monoisotopic (exact) mass is 589 g/mol. The van der Waals surface area contributed by atoms with E-state index in [2.05, 4.69) is 55.4 Å². The van der Waals surface area contributed by atoms with E-state index in [1.807, 2.05) is 0 Å². The lowest BCUT2D eigenvalue weighted by Crippen LogP contribution is -2.27. The summed E-state index contributed by atoms with van der Waals surface area (Å²) >= 11 is 0. The van der Waals surface area contributed by atoms with Crippen LogP contribution in [0, 0.1) is 59.2 Å². The van der Waals surface area contributed by atoms with Gasteiger partial charge in [-0.05, 0) is 97.7 Å². The SMILES string of the molecule is CC1CCCC(C)CCC(OC=O)CCC(C)CCCC(C)CCC2C(C)CCC(C(C)C)C(C)CCCC2CCC1. The Balaban J connectivity index is 2.08. The highest BCUT2D eigenvalue weighted by Crippen LogP contribution is 2.41. The van der Waals surface area contributed by atoms with Crippen LogP contribution in [-0.4, -0.2) is 12.6 Å². The van der Waals surface area contributed by atoms with Gasteiger partial charge in [-0.15, -0.1) is 0 Å². The number of fused-ring (bicyclic) bond motifs is 1. The Kier molecular flexibility index (Phi) is 19.1. The summed E-state index contributed by atoms with van der Waals surface area (Å²) in [4.78, 5) is 11.2. The summed E-state index contributed by atoms with van der Waals surface area (Å²) in [6.07, 6.45) is 27.2. The molecule has 10 unspecified atom stereocenters. The third-order valence-corrected chi connectivity index (χ3v) is 12.4. The fourth-order valence-electron chi connectivity index (χ4n) is 9.13. The van der Waals surface area contributed by atoms with Crippen molar-refractivity contribution >= 4 is 6.47 Å². The van der Waals surface area contributed by atoms with E-state index < -0.39 is 0 Å². The number of carbonyl (C=O) groups excluding carboxylic acids is 1. The fraction of sp³-hybridized carbons (Fsp3) is 0.975. The molecule has 0 aromatic carbocycles. The van der Waals surface area contributed by atoms with Crippen LogP contribution in [0.15, 0.2) is 0 Å². The van der Waals surface area contributed by atoms with Gasteiger partial charge in [0.1, 0.15) is 6.10 Å². The second kappa shape index (κ2) is 21.2. The normalized spacial score (nSPS) is 38.8. The number of hydrogen-bond acceptors (Lipinski definition) is 2. The van der Waals surface area contributed by atoms with Crippen LogP contribution >= 0.6 is 0 Å². The summed E-state index contributed by atoms with van der Waals surface area (Å²) in [5.41, 5.74) is 0. The number of ether oxygens (including phenoxy) is 1. The van der Waals surface area contributed by atoms with Gasteiger partial charge >= 0.3 is 0 Å². The largest absolute Gasteiger partial charge is 0.465 e. The maximum Gasteiger partial charge on any atom is 0.293 e. The Labute approximate surface area is 264 Å². The molecule has 0 N–H and O–H groups in total. The molecule has 10 atom stereocenters. The molecule has 0 aromatic heterocycles. The van der Waals surface area contributed by atoms with Crippen molar-refractivity contribution in [2.75, 3.05) is 0 Å². The van der Waals surface area contributed by atoms with Crippen LogP contribution in [0.4, 0.5) is 0 Å². The van der Waals surface area contributed by atoms with Gasteiger partial charge in [0.2, 0.25) is 0 Å². The van der Waals surface area contributed by atoms with E-state index in [0.717, 1.165) is 72.0 Å². The van der Waals surface area contributed by atoms with E-state index in [1.54, 1.807) is 0 Å². The predicted molar refractivity (Wildman–Crippen MR) is 184 cm³/mol. The van der Waals surface area contributed by atoms with Crippen molar-refractivity contribution in [1.82, 2.24) is 0 Å². The van der Waals surface area contributed by atoms with Crippen LogP contribution in [0.2, 0.25) is 0 Å². The molecule has 42 heavy (non-hydrogen) atoms. The zero-order valence-electron chi connectivity index (χ0n) is 29.9. The summed E-state index contributed by atoms with van der Waals surface area (Å²) in [6.45, 7) is 20.7. The van der Waals surface area contributed by atoms with Crippen molar-refractivity contribution in [1.29, 1.82) is 0 Å². The van der Waals surface area contributed by atoms with E-state index in [1.165, 1.54) is 116 Å². The van der Waals surface area contributed by atoms with Crippen LogP contribution < -0.4 is 0 Å². The minimum Gasteiger partial charge on any atom is -0.465 e. The number of rotatable bonds is 3. The van der Waals surface area contributed by atoms with Crippen LogP contribution in [0.1, 0.15) is 184 Å². The fourth-order valence-corrected chi connectivity index (χ4v) is 9.13. The zero-order chi connectivity index (χ0) is 30.9. The Bertz CT molecular complexity index is 673. The van der Waals surface area contributed by atoms with Crippen molar-refractivity contribution in [2.45, 2.75) is 190 Å². The smallest absolute Gasteiger partial charge is 0.293 e. The maximum atomic E-state index is 11.2. The number of carbonyl (C=O) groups is 1. The molecule has 0 radical (unpaired) electrons. The Morgan fingerprint density at radius 3 is 1.45 bits per heavy atom. The summed E-state index contributed by atoms with van der Waals surface area (Å²) < 4.78 is 5.54.